The summed E-state index contributed by atoms with van der Waals surface area (Å²) in [6.07, 6.45) is 1.85. The van der Waals surface area contributed by atoms with Gasteiger partial charge in [0.25, 0.3) is 0 Å². The van der Waals surface area contributed by atoms with Gasteiger partial charge >= 0.3 is 0 Å². The smallest absolute Gasteiger partial charge is 0.239 e. The van der Waals surface area contributed by atoms with Crippen LogP contribution < -0.4 is 10.6 Å². The number of likely N-dealkylation sites (N-methyl/N-ethyl adjacent to an activating group) is 1. The summed E-state index contributed by atoms with van der Waals surface area (Å²) < 4.78 is 7.43. The number of rotatable bonds is 6. The molecule has 2 rings (SSSR count). The number of nitrogens with one attached hydrogen (secondary N) is 2. The summed E-state index contributed by atoms with van der Waals surface area (Å²) >= 11 is 0. The van der Waals surface area contributed by atoms with Crippen LogP contribution in [-0.4, -0.2) is 66.5 Å². The van der Waals surface area contributed by atoms with Gasteiger partial charge in [0.15, 0.2) is 0 Å². The van der Waals surface area contributed by atoms with Gasteiger partial charge in [0.2, 0.25) is 5.91 Å². The highest BCUT2D eigenvalue weighted by Gasteiger charge is 2.17. The van der Waals surface area contributed by atoms with Gasteiger partial charge in [-0.25, -0.2) is 4.68 Å². The quantitative estimate of drug-likeness (QED) is 0.791. The summed E-state index contributed by atoms with van der Waals surface area (Å²) in [7, 11) is 1.93. The van der Waals surface area contributed by atoms with Gasteiger partial charge in [-0.2, -0.15) is 5.10 Å². The monoisotopic (exact) mass is 295 g/mol. The van der Waals surface area contributed by atoms with Crippen LogP contribution in [0.2, 0.25) is 0 Å². The fraction of sp³-hybridized carbons (Fsp3) is 0.714. The third kappa shape index (κ3) is 4.80. The minimum Gasteiger partial charge on any atom is -0.374 e. The van der Waals surface area contributed by atoms with E-state index >= 15 is 0 Å². The van der Waals surface area contributed by atoms with Crippen molar-refractivity contribution in [3.8, 4) is 0 Å². The van der Waals surface area contributed by atoms with Gasteiger partial charge in [0, 0.05) is 31.7 Å². The van der Waals surface area contributed by atoms with E-state index in [2.05, 4.69) is 15.7 Å². The third-order valence-electron chi connectivity index (χ3n) is 3.36. The first-order valence-electron chi connectivity index (χ1n) is 7.40. The molecule has 7 nitrogen and oxygen atoms in total. The summed E-state index contributed by atoms with van der Waals surface area (Å²) in [5.41, 5.74) is 0. The van der Waals surface area contributed by atoms with Gasteiger partial charge < -0.3 is 15.4 Å². The zero-order chi connectivity index (χ0) is 15.2. The minimum absolute atomic E-state index is 0.0383. The SMILES string of the molecule is CC(C)n1nccc1NC(=O)CN(C)CC1CNCCO1. The predicted octanol–water partition coefficient (Wildman–Crippen LogP) is 0.323. The van der Waals surface area contributed by atoms with Crippen LogP contribution in [0, 0.1) is 0 Å². The largest absolute Gasteiger partial charge is 0.374 e. The van der Waals surface area contributed by atoms with Crippen molar-refractivity contribution < 1.29 is 9.53 Å². The molecular weight excluding hydrogens is 270 g/mol. The van der Waals surface area contributed by atoms with Crippen LogP contribution in [0.3, 0.4) is 0 Å². The highest BCUT2D eigenvalue weighted by Crippen LogP contribution is 2.12. The first kappa shape index (κ1) is 15.9. The van der Waals surface area contributed by atoms with Crippen LogP contribution in [0.1, 0.15) is 19.9 Å². The number of hydrogen-bond acceptors (Lipinski definition) is 5. The van der Waals surface area contributed by atoms with Crippen LogP contribution in [0.25, 0.3) is 0 Å². The fourth-order valence-electron chi connectivity index (χ4n) is 2.40. The Morgan fingerprint density at radius 2 is 2.48 bits per heavy atom. The summed E-state index contributed by atoms with van der Waals surface area (Å²) in [4.78, 5) is 14.1. The van der Waals surface area contributed by atoms with Crippen molar-refractivity contribution in [2.75, 3.05) is 45.2 Å². The number of amides is 1. The molecule has 1 saturated heterocycles. The maximum Gasteiger partial charge on any atom is 0.239 e. The number of ether oxygens (including phenoxy) is 1. The van der Waals surface area contributed by atoms with Gasteiger partial charge in [-0.15, -0.1) is 0 Å². The summed E-state index contributed by atoms with van der Waals surface area (Å²) in [6, 6.07) is 2.03. The predicted molar refractivity (Wildman–Crippen MR) is 81.3 cm³/mol. The second-order valence-electron chi connectivity index (χ2n) is 5.70. The minimum atomic E-state index is -0.0383. The van der Waals surface area contributed by atoms with Gasteiger partial charge in [-0.05, 0) is 20.9 Å². The standard InChI is InChI=1S/C14H25N5O2/c1-11(2)19-13(4-5-16-19)17-14(20)10-18(3)9-12-8-15-6-7-21-12/h4-5,11-12,15H,6-10H2,1-3H3,(H,17,20). The van der Waals surface area contributed by atoms with Gasteiger partial charge in [0.1, 0.15) is 5.82 Å². The van der Waals surface area contributed by atoms with E-state index in [1.165, 1.54) is 0 Å². The molecule has 1 aromatic rings. The van der Waals surface area contributed by atoms with E-state index in [9.17, 15) is 4.79 Å². The maximum atomic E-state index is 12.1. The third-order valence-corrected chi connectivity index (χ3v) is 3.36. The molecule has 0 saturated carbocycles. The molecule has 0 spiro atoms. The summed E-state index contributed by atoms with van der Waals surface area (Å²) in [6.45, 7) is 7.61. The number of hydrogen-bond donors (Lipinski definition) is 2. The topological polar surface area (TPSA) is 71.4 Å². The molecule has 1 atom stereocenters. The number of morpholine rings is 1. The lowest BCUT2D eigenvalue weighted by molar-refractivity contribution is -0.117. The van der Waals surface area contributed by atoms with E-state index in [1.54, 1.807) is 10.9 Å². The highest BCUT2D eigenvalue weighted by atomic mass is 16.5. The number of nitrogens with zero attached hydrogens (tertiary/aromatic N) is 3. The molecule has 7 heteroatoms. The van der Waals surface area contributed by atoms with Crippen LogP contribution in [0.15, 0.2) is 12.3 Å². The molecule has 0 aliphatic carbocycles. The van der Waals surface area contributed by atoms with E-state index in [4.69, 9.17) is 4.74 Å². The van der Waals surface area contributed by atoms with E-state index in [-0.39, 0.29) is 18.1 Å². The molecule has 1 aromatic heterocycles. The van der Waals surface area contributed by atoms with Crippen LogP contribution in [0.5, 0.6) is 0 Å². The number of carbonyl (C=O) groups is 1. The summed E-state index contributed by atoms with van der Waals surface area (Å²) in [5.74, 6) is 0.697. The molecule has 0 bridgehead atoms. The lowest BCUT2D eigenvalue weighted by Gasteiger charge is -2.27. The van der Waals surface area contributed by atoms with Gasteiger partial charge in [-0.1, -0.05) is 0 Å². The first-order valence-corrected chi connectivity index (χ1v) is 7.40. The Morgan fingerprint density at radius 3 is 3.14 bits per heavy atom. The normalized spacial score (nSPS) is 19.2. The van der Waals surface area contributed by atoms with E-state index in [0.29, 0.717) is 6.54 Å². The van der Waals surface area contributed by atoms with Crippen LogP contribution in [-0.2, 0) is 9.53 Å². The molecule has 1 unspecified atom stereocenters. The molecule has 1 aliphatic rings. The van der Waals surface area contributed by atoms with Crippen molar-refractivity contribution in [2.24, 2.45) is 0 Å². The van der Waals surface area contributed by atoms with E-state index in [1.807, 2.05) is 31.9 Å². The van der Waals surface area contributed by atoms with Crippen molar-refractivity contribution in [1.82, 2.24) is 20.0 Å². The molecule has 0 radical (unpaired) electrons. The molecule has 0 aromatic carbocycles. The van der Waals surface area contributed by atoms with Crippen LogP contribution in [0.4, 0.5) is 5.82 Å². The molecule has 1 aliphatic heterocycles. The van der Waals surface area contributed by atoms with Crippen molar-refractivity contribution >= 4 is 11.7 Å². The Morgan fingerprint density at radius 1 is 1.67 bits per heavy atom. The molecule has 21 heavy (non-hydrogen) atoms. The zero-order valence-corrected chi connectivity index (χ0v) is 13.0. The van der Waals surface area contributed by atoms with Crippen molar-refractivity contribution in [3.05, 3.63) is 12.3 Å². The van der Waals surface area contributed by atoms with Crippen molar-refractivity contribution in [3.63, 3.8) is 0 Å². The van der Waals surface area contributed by atoms with Crippen molar-refractivity contribution in [1.29, 1.82) is 0 Å². The molecule has 118 valence electrons. The average molecular weight is 295 g/mol. The Labute approximate surface area is 125 Å². The number of carbonyl (C=O) groups excluding carboxylic acids is 1. The van der Waals surface area contributed by atoms with Crippen molar-refractivity contribution in [2.45, 2.75) is 26.0 Å². The number of anilines is 1. The Balaban J connectivity index is 1.79. The molecule has 2 heterocycles. The summed E-state index contributed by atoms with van der Waals surface area (Å²) in [5, 5.41) is 10.4. The number of aromatic nitrogens is 2. The molecule has 2 N–H and O–H groups in total. The van der Waals surface area contributed by atoms with E-state index in [0.717, 1.165) is 32.1 Å². The van der Waals surface area contributed by atoms with Crippen LogP contribution >= 0.6 is 0 Å². The molecular formula is C14H25N5O2. The maximum absolute atomic E-state index is 12.1. The zero-order valence-electron chi connectivity index (χ0n) is 13.0. The Hall–Kier alpha value is -1.44. The van der Waals surface area contributed by atoms with E-state index < -0.39 is 0 Å². The Bertz CT molecular complexity index is 454. The highest BCUT2D eigenvalue weighted by molar-refractivity contribution is 5.91. The molecule has 1 fully saturated rings. The Kier molecular flexibility index (Phi) is 5.72. The fourth-order valence-corrected chi connectivity index (χ4v) is 2.40. The van der Waals surface area contributed by atoms with Gasteiger partial charge in [0.05, 0.1) is 25.5 Å². The first-order chi connectivity index (χ1) is 10.1. The second-order valence-corrected chi connectivity index (χ2v) is 5.70. The lowest BCUT2D eigenvalue weighted by atomic mass is 10.3. The van der Waals surface area contributed by atoms with Gasteiger partial charge in [-0.3, -0.25) is 9.69 Å². The average Bonchev–Trinajstić information content (AvgIpc) is 2.87. The molecule has 1 amide bonds. The second kappa shape index (κ2) is 7.53. The lowest BCUT2D eigenvalue weighted by Crippen LogP contribution is -2.45.